The van der Waals surface area contributed by atoms with E-state index in [9.17, 15) is 4.79 Å². The van der Waals surface area contributed by atoms with E-state index in [0.29, 0.717) is 18.8 Å². The lowest BCUT2D eigenvalue weighted by Crippen LogP contribution is -2.11. The number of benzene rings is 2. The van der Waals surface area contributed by atoms with Gasteiger partial charge in [-0.1, -0.05) is 12.1 Å². The van der Waals surface area contributed by atoms with Crippen LogP contribution in [0.3, 0.4) is 0 Å². The SMILES string of the molecule is Cc1ccc(C)c(OCCCCC(=O)Nc2ccc(Oc3ncccn3)cc2)c1. The van der Waals surface area contributed by atoms with Gasteiger partial charge in [0, 0.05) is 24.5 Å². The largest absolute Gasteiger partial charge is 0.493 e. The van der Waals surface area contributed by atoms with Crippen molar-refractivity contribution in [2.75, 3.05) is 11.9 Å². The van der Waals surface area contributed by atoms with Crippen LogP contribution in [0.2, 0.25) is 0 Å². The fourth-order valence-electron chi connectivity index (χ4n) is 2.71. The number of aromatic nitrogens is 2. The zero-order valence-electron chi connectivity index (χ0n) is 16.7. The van der Waals surface area contributed by atoms with E-state index >= 15 is 0 Å². The third kappa shape index (κ3) is 6.60. The molecule has 150 valence electrons. The standard InChI is InChI=1S/C23H25N3O3/c1-17-7-8-18(2)21(16-17)28-15-4-3-6-22(27)26-19-9-11-20(12-10-19)29-23-24-13-5-14-25-23/h5,7-14,16H,3-4,6,15H2,1-2H3,(H,26,27). The fourth-order valence-corrected chi connectivity index (χ4v) is 2.71. The number of amides is 1. The fraction of sp³-hybridized carbons (Fsp3) is 0.261. The number of hydrogen-bond acceptors (Lipinski definition) is 5. The molecule has 0 aliphatic heterocycles. The zero-order chi connectivity index (χ0) is 20.5. The van der Waals surface area contributed by atoms with Crippen molar-refractivity contribution in [2.24, 2.45) is 0 Å². The normalized spacial score (nSPS) is 10.4. The second kappa shape index (κ2) is 10.2. The quantitative estimate of drug-likeness (QED) is 0.515. The van der Waals surface area contributed by atoms with E-state index < -0.39 is 0 Å². The molecule has 3 aromatic rings. The first kappa shape index (κ1) is 20.3. The molecule has 0 bridgehead atoms. The summed E-state index contributed by atoms with van der Waals surface area (Å²) in [5.74, 6) is 1.51. The summed E-state index contributed by atoms with van der Waals surface area (Å²) in [5.41, 5.74) is 3.03. The van der Waals surface area contributed by atoms with Crippen molar-refractivity contribution in [3.8, 4) is 17.5 Å². The van der Waals surface area contributed by atoms with Gasteiger partial charge in [0.15, 0.2) is 0 Å². The monoisotopic (exact) mass is 391 g/mol. The molecule has 2 aromatic carbocycles. The minimum absolute atomic E-state index is 0.0169. The first-order valence-electron chi connectivity index (χ1n) is 9.65. The molecule has 6 nitrogen and oxygen atoms in total. The van der Waals surface area contributed by atoms with Gasteiger partial charge in [-0.3, -0.25) is 4.79 Å². The molecular formula is C23H25N3O3. The average Bonchev–Trinajstić information content (AvgIpc) is 2.72. The van der Waals surface area contributed by atoms with Crippen LogP contribution >= 0.6 is 0 Å². The lowest BCUT2D eigenvalue weighted by Gasteiger charge is -2.10. The van der Waals surface area contributed by atoms with E-state index in [1.165, 1.54) is 5.56 Å². The molecule has 29 heavy (non-hydrogen) atoms. The molecule has 1 heterocycles. The number of ether oxygens (including phenoxy) is 2. The van der Waals surface area contributed by atoms with Gasteiger partial charge in [0.1, 0.15) is 11.5 Å². The summed E-state index contributed by atoms with van der Waals surface area (Å²) in [7, 11) is 0. The molecule has 0 saturated heterocycles. The molecule has 0 aliphatic carbocycles. The Hall–Kier alpha value is -3.41. The van der Waals surface area contributed by atoms with Gasteiger partial charge in [-0.05, 0) is 74.2 Å². The molecule has 0 aliphatic rings. The molecule has 1 amide bonds. The molecule has 0 atom stereocenters. The highest BCUT2D eigenvalue weighted by Crippen LogP contribution is 2.21. The Bertz CT molecular complexity index is 928. The number of unbranched alkanes of at least 4 members (excludes halogenated alkanes) is 1. The van der Waals surface area contributed by atoms with Gasteiger partial charge in [-0.15, -0.1) is 0 Å². The minimum atomic E-state index is -0.0169. The predicted molar refractivity (Wildman–Crippen MR) is 112 cm³/mol. The summed E-state index contributed by atoms with van der Waals surface area (Å²) >= 11 is 0. The highest BCUT2D eigenvalue weighted by molar-refractivity contribution is 5.90. The smallest absolute Gasteiger partial charge is 0.321 e. The third-order valence-electron chi connectivity index (χ3n) is 4.29. The maximum Gasteiger partial charge on any atom is 0.321 e. The van der Waals surface area contributed by atoms with E-state index in [1.807, 2.05) is 19.9 Å². The summed E-state index contributed by atoms with van der Waals surface area (Å²) in [6.45, 7) is 4.68. The molecule has 1 aromatic heterocycles. The Morgan fingerprint density at radius 2 is 1.76 bits per heavy atom. The lowest BCUT2D eigenvalue weighted by molar-refractivity contribution is -0.116. The summed E-state index contributed by atoms with van der Waals surface area (Å²) in [5, 5.41) is 2.89. The molecule has 0 radical (unpaired) electrons. The number of rotatable bonds is 9. The maximum absolute atomic E-state index is 12.1. The Labute approximate surface area is 170 Å². The summed E-state index contributed by atoms with van der Waals surface area (Å²) in [4.78, 5) is 20.1. The summed E-state index contributed by atoms with van der Waals surface area (Å²) in [6, 6.07) is 15.3. The van der Waals surface area contributed by atoms with Crippen molar-refractivity contribution in [2.45, 2.75) is 33.1 Å². The first-order chi connectivity index (χ1) is 14.1. The molecule has 0 unspecified atom stereocenters. The number of hydrogen-bond donors (Lipinski definition) is 1. The Morgan fingerprint density at radius 1 is 1.00 bits per heavy atom. The molecule has 0 spiro atoms. The van der Waals surface area contributed by atoms with Crippen LogP contribution in [0.4, 0.5) is 5.69 Å². The van der Waals surface area contributed by atoms with Gasteiger partial charge in [0.25, 0.3) is 0 Å². The lowest BCUT2D eigenvalue weighted by atomic mass is 10.1. The van der Waals surface area contributed by atoms with Crippen molar-refractivity contribution in [1.82, 2.24) is 9.97 Å². The van der Waals surface area contributed by atoms with E-state index in [4.69, 9.17) is 9.47 Å². The highest BCUT2D eigenvalue weighted by atomic mass is 16.5. The van der Waals surface area contributed by atoms with Gasteiger partial charge in [-0.25, -0.2) is 9.97 Å². The number of nitrogens with one attached hydrogen (secondary N) is 1. The van der Waals surface area contributed by atoms with Crippen LogP contribution in [0.15, 0.2) is 60.9 Å². The van der Waals surface area contributed by atoms with Crippen molar-refractivity contribution >= 4 is 11.6 Å². The van der Waals surface area contributed by atoms with Crippen molar-refractivity contribution in [3.63, 3.8) is 0 Å². The molecule has 0 fully saturated rings. The summed E-state index contributed by atoms with van der Waals surface area (Å²) in [6.07, 6.45) is 5.27. The Kier molecular flexibility index (Phi) is 7.16. The third-order valence-corrected chi connectivity index (χ3v) is 4.29. The van der Waals surface area contributed by atoms with Crippen LogP contribution in [0.5, 0.6) is 17.5 Å². The van der Waals surface area contributed by atoms with Crippen LogP contribution in [-0.2, 0) is 4.79 Å². The first-order valence-corrected chi connectivity index (χ1v) is 9.65. The summed E-state index contributed by atoms with van der Waals surface area (Å²) < 4.78 is 11.4. The van der Waals surface area contributed by atoms with Crippen LogP contribution in [0.1, 0.15) is 30.4 Å². The second-order valence-corrected chi connectivity index (χ2v) is 6.78. The van der Waals surface area contributed by atoms with Crippen molar-refractivity contribution in [3.05, 3.63) is 72.1 Å². The number of carbonyl (C=O) groups excluding carboxylic acids is 1. The molecule has 0 saturated carbocycles. The van der Waals surface area contributed by atoms with Crippen molar-refractivity contribution < 1.29 is 14.3 Å². The molecule has 3 rings (SSSR count). The van der Waals surface area contributed by atoms with Crippen LogP contribution in [-0.4, -0.2) is 22.5 Å². The topological polar surface area (TPSA) is 73.3 Å². The van der Waals surface area contributed by atoms with E-state index in [0.717, 1.165) is 29.8 Å². The van der Waals surface area contributed by atoms with Gasteiger partial charge >= 0.3 is 6.01 Å². The molecule has 1 N–H and O–H groups in total. The van der Waals surface area contributed by atoms with Crippen molar-refractivity contribution in [1.29, 1.82) is 0 Å². The average molecular weight is 391 g/mol. The Balaban J connectivity index is 1.36. The van der Waals surface area contributed by atoms with E-state index in [2.05, 4.69) is 27.4 Å². The van der Waals surface area contributed by atoms with Gasteiger partial charge in [-0.2, -0.15) is 0 Å². The molecule has 6 heteroatoms. The van der Waals surface area contributed by atoms with Gasteiger partial charge < -0.3 is 14.8 Å². The van der Waals surface area contributed by atoms with Gasteiger partial charge in [0.05, 0.1) is 6.61 Å². The second-order valence-electron chi connectivity index (χ2n) is 6.78. The maximum atomic E-state index is 12.1. The van der Waals surface area contributed by atoms with Crippen LogP contribution in [0.25, 0.3) is 0 Å². The number of anilines is 1. The number of nitrogens with zero attached hydrogens (tertiary/aromatic N) is 2. The predicted octanol–water partition coefficient (Wildman–Crippen LogP) is 5.07. The van der Waals surface area contributed by atoms with Crippen LogP contribution < -0.4 is 14.8 Å². The van der Waals surface area contributed by atoms with E-state index in [-0.39, 0.29) is 11.9 Å². The minimum Gasteiger partial charge on any atom is -0.493 e. The van der Waals surface area contributed by atoms with Gasteiger partial charge in [0.2, 0.25) is 5.91 Å². The Morgan fingerprint density at radius 3 is 2.52 bits per heavy atom. The molecular weight excluding hydrogens is 366 g/mol. The number of aryl methyl sites for hydroxylation is 2. The highest BCUT2D eigenvalue weighted by Gasteiger charge is 2.05. The number of carbonyl (C=O) groups is 1. The van der Waals surface area contributed by atoms with E-state index in [1.54, 1.807) is 42.7 Å². The zero-order valence-corrected chi connectivity index (χ0v) is 16.7. The van der Waals surface area contributed by atoms with Crippen LogP contribution in [0, 0.1) is 13.8 Å².